The summed E-state index contributed by atoms with van der Waals surface area (Å²) in [5.74, 6) is -0.785. The predicted molar refractivity (Wildman–Crippen MR) is 196 cm³/mol. The van der Waals surface area contributed by atoms with Crippen molar-refractivity contribution in [1.29, 1.82) is 0 Å². The molecule has 0 aliphatic carbocycles. The number of likely N-dealkylation sites (tertiary alicyclic amines) is 2. The highest BCUT2D eigenvalue weighted by Gasteiger charge is 2.41. The summed E-state index contributed by atoms with van der Waals surface area (Å²) in [5.41, 5.74) is 6.17. The Labute approximate surface area is 309 Å². The summed E-state index contributed by atoms with van der Waals surface area (Å²) in [7, 11) is 0. The van der Waals surface area contributed by atoms with E-state index in [-0.39, 0.29) is 56.3 Å². The van der Waals surface area contributed by atoms with Crippen molar-refractivity contribution in [2.75, 3.05) is 19.6 Å². The van der Waals surface area contributed by atoms with Crippen LogP contribution in [-0.2, 0) is 43.6 Å². The van der Waals surface area contributed by atoms with Gasteiger partial charge in [0.15, 0.2) is 6.29 Å². The molecule has 4 aromatic carbocycles. The smallest absolute Gasteiger partial charge is 0.408 e. The normalized spacial score (nSPS) is 24.8. The van der Waals surface area contributed by atoms with Crippen molar-refractivity contribution in [2.24, 2.45) is 5.92 Å². The number of alkyl carbamates (subject to hydrolysis) is 1. The summed E-state index contributed by atoms with van der Waals surface area (Å²) in [6.45, 7) is 4.39. The van der Waals surface area contributed by atoms with Crippen LogP contribution >= 0.6 is 0 Å². The largest absolute Gasteiger partial charge is 0.445 e. The Balaban J connectivity index is 1.01. The molecule has 0 radical (unpaired) electrons. The van der Waals surface area contributed by atoms with Crippen LogP contribution in [0, 0.1) is 5.92 Å². The maximum Gasteiger partial charge on any atom is 0.408 e. The zero-order chi connectivity index (χ0) is 36.9. The van der Waals surface area contributed by atoms with E-state index in [1.165, 1.54) is 4.90 Å². The molecule has 4 aromatic rings. The molecule has 3 N–H and O–H groups in total. The molecule has 0 saturated carbocycles. The molecule has 0 aromatic heterocycles. The van der Waals surface area contributed by atoms with Gasteiger partial charge in [0, 0.05) is 31.1 Å². The minimum Gasteiger partial charge on any atom is -0.445 e. The van der Waals surface area contributed by atoms with Crippen molar-refractivity contribution >= 4 is 17.9 Å². The van der Waals surface area contributed by atoms with Crippen LogP contribution in [0.25, 0.3) is 11.1 Å². The highest BCUT2D eigenvalue weighted by Crippen LogP contribution is 2.42. The molecular formula is C42H45N3O8. The van der Waals surface area contributed by atoms with Crippen molar-refractivity contribution < 1.29 is 38.8 Å². The zero-order valence-electron chi connectivity index (χ0n) is 29.7. The first-order valence-corrected chi connectivity index (χ1v) is 18.2. The first-order chi connectivity index (χ1) is 25.7. The second-order valence-corrected chi connectivity index (χ2v) is 14.1. The summed E-state index contributed by atoms with van der Waals surface area (Å²) in [6.07, 6.45) is -1.43. The Morgan fingerprint density at radius 3 is 2.32 bits per heavy atom. The number of amides is 3. The fourth-order valence-electron chi connectivity index (χ4n) is 7.29. The zero-order valence-corrected chi connectivity index (χ0v) is 29.7. The molecule has 6 atom stereocenters. The fraction of sp³-hybridized carbons (Fsp3) is 0.357. The fourth-order valence-corrected chi connectivity index (χ4v) is 7.29. The number of nitrogens with zero attached hydrogens (tertiary/aromatic N) is 2. The van der Waals surface area contributed by atoms with Crippen LogP contribution in [0.5, 0.6) is 0 Å². The van der Waals surface area contributed by atoms with Gasteiger partial charge in [-0.1, -0.05) is 104 Å². The molecule has 7 rings (SSSR count). The Hall–Kier alpha value is -4.91. The van der Waals surface area contributed by atoms with E-state index in [1.54, 1.807) is 0 Å². The molecule has 276 valence electrons. The quantitative estimate of drug-likeness (QED) is 0.177. The van der Waals surface area contributed by atoms with Crippen molar-refractivity contribution in [3.8, 4) is 11.1 Å². The molecule has 0 spiro atoms. The molecule has 0 bridgehead atoms. The number of hydrogen-bond donors (Lipinski definition) is 3. The number of ether oxygens (including phenoxy) is 3. The van der Waals surface area contributed by atoms with Crippen molar-refractivity contribution in [2.45, 2.75) is 70.2 Å². The molecular weight excluding hydrogens is 674 g/mol. The van der Waals surface area contributed by atoms with Gasteiger partial charge in [-0.25, -0.2) is 4.79 Å². The van der Waals surface area contributed by atoms with E-state index in [4.69, 9.17) is 14.2 Å². The number of rotatable bonds is 11. The molecule has 3 saturated heterocycles. The SMILES string of the molecule is CC1C(CN2CCC(O)C2)OC(c2ccc(-c3cccc(CN4C(=O)CC(NC(=O)OCc5ccccc5)C4=O)c3)cc2)OC1c1ccc(CO)cc1. The van der Waals surface area contributed by atoms with Gasteiger partial charge >= 0.3 is 6.09 Å². The summed E-state index contributed by atoms with van der Waals surface area (Å²) < 4.78 is 18.5. The second kappa shape index (κ2) is 16.4. The number of hydrogen-bond acceptors (Lipinski definition) is 9. The van der Waals surface area contributed by atoms with E-state index in [0.717, 1.165) is 51.9 Å². The molecule has 3 heterocycles. The number of nitrogens with one attached hydrogen (secondary N) is 1. The van der Waals surface area contributed by atoms with Crippen LogP contribution in [0.3, 0.4) is 0 Å². The Morgan fingerprint density at radius 2 is 1.60 bits per heavy atom. The molecule has 3 aliphatic rings. The van der Waals surface area contributed by atoms with Crippen LogP contribution in [0.4, 0.5) is 4.79 Å². The van der Waals surface area contributed by atoms with Gasteiger partial charge in [-0.3, -0.25) is 19.4 Å². The Kier molecular flexibility index (Phi) is 11.3. The van der Waals surface area contributed by atoms with E-state index >= 15 is 0 Å². The summed E-state index contributed by atoms with van der Waals surface area (Å²) >= 11 is 0. The van der Waals surface area contributed by atoms with Crippen molar-refractivity contribution in [3.63, 3.8) is 0 Å². The summed E-state index contributed by atoms with van der Waals surface area (Å²) in [5, 5.41) is 22.2. The number of aliphatic hydroxyl groups excluding tert-OH is 2. The molecule has 3 aliphatic heterocycles. The standard InChI is InChI=1S/C42H45N3O8/c1-27-37(24-44-19-18-35(47)23-44)52-41(53-39(27)32-12-10-28(25-46)11-13-32)33-16-14-31(15-17-33)34-9-5-8-30(20-34)22-45-38(48)21-36(40(45)49)43-42(50)51-26-29-6-3-2-4-7-29/h2-17,20,27,35-37,39,41,46-47H,18-19,21-26H2,1H3,(H,43,50). The van der Waals surface area contributed by atoms with Crippen LogP contribution < -0.4 is 5.32 Å². The molecule has 6 unspecified atom stereocenters. The first-order valence-electron chi connectivity index (χ1n) is 18.2. The van der Waals surface area contributed by atoms with Crippen LogP contribution in [0.15, 0.2) is 103 Å². The number of carbonyl (C=O) groups excluding carboxylic acids is 3. The van der Waals surface area contributed by atoms with Gasteiger partial charge in [0.2, 0.25) is 5.91 Å². The van der Waals surface area contributed by atoms with E-state index < -0.39 is 24.3 Å². The maximum atomic E-state index is 13.2. The van der Waals surface area contributed by atoms with Gasteiger partial charge in [-0.05, 0) is 45.9 Å². The van der Waals surface area contributed by atoms with Crippen LogP contribution in [0.2, 0.25) is 0 Å². The van der Waals surface area contributed by atoms with Crippen molar-refractivity contribution in [1.82, 2.24) is 15.1 Å². The average molecular weight is 720 g/mol. The first kappa shape index (κ1) is 36.4. The van der Waals surface area contributed by atoms with E-state index in [0.29, 0.717) is 13.1 Å². The Bertz CT molecular complexity index is 1890. The third-order valence-electron chi connectivity index (χ3n) is 10.3. The number of benzene rings is 4. The Morgan fingerprint density at radius 1 is 0.868 bits per heavy atom. The van der Waals surface area contributed by atoms with Gasteiger partial charge in [-0.2, -0.15) is 0 Å². The number of β-amino-alcohol motifs (C(OH)–C–C–N with tert-alkyl or cyclic N) is 1. The number of aliphatic hydroxyl groups is 2. The molecule has 11 nitrogen and oxygen atoms in total. The van der Waals surface area contributed by atoms with Crippen LogP contribution in [0.1, 0.15) is 60.0 Å². The predicted octanol–water partition coefficient (Wildman–Crippen LogP) is 5.26. The van der Waals surface area contributed by atoms with E-state index in [1.807, 2.05) is 103 Å². The van der Waals surface area contributed by atoms with Crippen molar-refractivity contribution in [3.05, 3.63) is 131 Å². The average Bonchev–Trinajstić information content (AvgIpc) is 3.71. The second-order valence-electron chi connectivity index (χ2n) is 14.1. The lowest BCUT2D eigenvalue weighted by molar-refractivity contribution is -0.276. The van der Waals surface area contributed by atoms with E-state index in [9.17, 15) is 24.6 Å². The third-order valence-corrected chi connectivity index (χ3v) is 10.3. The van der Waals surface area contributed by atoms with Gasteiger partial charge in [0.25, 0.3) is 5.91 Å². The molecule has 11 heteroatoms. The highest BCUT2D eigenvalue weighted by molar-refractivity contribution is 6.06. The lowest BCUT2D eigenvalue weighted by atomic mass is 9.90. The molecule has 53 heavy (non-hydrogen) atoms. The minimum atomic E-state index is -0.977. The topological polar surface area (TPSA) is 138 Å². The lowest BCUT2D eigenvalue weighted by Crippen LogP contribution is -2.44. The molecule has 3 amide bonds. The monoisotopic (exact) mass is 719 g/mol. The van der Waals surface area contributed by atoms with Gasteiger partial charge in [0.1, 0.15) is 12.6 Å². The number of imide groups is 1. The minimum absolute atomic E-state index is 0.0252. The van der Waals surface area contributed by atoms with Crippen LogP contribution in [-0.4, -0.2) is 75.8 Å². The third kappa shape index (κ3) is 8.67. The number of carbonyl (C=O) groups is 3. The van der Waals surface area contributed by atoms with Gasteiger partial charge < -0.3 is 29.7 Å². The van der Waals surface area contributed by atoms with Gasteiger partial charge in [0.05, 0.1) is 37.9 Å². The highest BCUT2D eigenvalue weighted by atomic mass is 16.7. The molecule has 3 fully saturated rings. The lowest BCUT2D eigenvalue weighted by Gasteiger charge is -2.42. The summed E-state index contributed by atoms with van der Waals surface area (Å²) in [6, 6.07) is 31.7. The summed E-state index contributed by atoms with van der Waals surface area (Å²) in [4.78, 5) is 41.8. The van der Waals surface area contributed by atoms with Gasteiger partial charge in [-0.15, -0.1) is 0 Å². The van der Waals surface area contributed by atoms with E-state index in [2.05, 4.69) is 17.1 Å². The maximum absolute atomic E-state index is 13.2.